The van der Waals surface area contributed by atoms with Gasteiger partial charge in [0.05, 0.1) is 0 Å². The molecule has 0 saturated carbocycles. The van der Waals surface area contributed by atoms with E-state index in [1.165, 1.54) is 64.2 Å². The van der Waals surface area contributed by atoms with E-state index in [1.807, 2.05) is 12.1 Å². The molecule has 134 valence electrons. The van der Waals surface area contributed by atoms with E-state index in [2.05, 4.69) is 18.8 Å². The molecule has 0 atom stereocenters. The first kappa shape index (κ1) is 20.3. The van der Waals surface area contributed by atoms with Gasteiger partial charge in [0.15, 0.2) is 0 Å². The topological polar surface area (TPSA) is 38.3 Å². The minimum Gasteiger partial charge on any atom is -0.423 e. The quantitative estimate of drug-likeness (QED) is 0.193. The fourth-order valence-corrected chi connectivity index (χ4v) is 2.64. The van der Waals surface area contributed by atoms with Gasteiger partial charge in [-0.2, -0.15) is 0 Å². The van der Waals surface area contributed by atoms with Gasteiger partial charge in [-0.1, -0.05) is 71.3 Å². The third kappa shape index (κ3) is 10.1. The number of anilines is 1. The second-order valence-electron chi connectivity index (χ2n) is 6.26. The summed E-state index contributed by atoms with van der Waals surface area (Å²) in [6, 6.07) is 7.45. The lowest BCUT2D eigenvalue weighted by Gasteiger charge is -2.07. The van der Waals surface area contributed by atoms with E-state index >= 15 is 0 Å². The van der Waals surface area contributed by atoms with Crippen molar-refractivity contribution in [2.75, 3.05) is 11.9 Å². The molecule has 0 aromatic heterocycles. The highest BCUT2D eigenvalue weighted by atomic mass is 16.5. The first-order chi connectivity index (χ1) is 11.8. The maximum atomic E-state index is 11.1. The van der Waals surface area contributed by atoms with Crippen molar-refractivity contribution >= 4 is 11.7 Å². The number of rotatable bonds is 14. The van der Waals surface area contributed by atoms with E-state index in [-0.39, 0.29) is 0 Å². The fourth-order valence-electron chi connectivity index (χ4n) is 2.64. The Balaban J connectivity index is 1.99. The summed E-state index contributed by atoms with van der Waals surface area (Å²) >= 11 is 0. The van der Waals surface area contributed by atoms with Gasteiger partial charge in [-0.25, -0.2) is 4.79 Å². The summed E-state index contributed by atoms with van der Waals surface area (Å²) in [5, 5.41) is 3.40. The Morgan fingerprint density at radius 3 is 2.04 bits per heavy atom. The lowest BCUT2D eigenvalue weighted by Crippen LogP contribution is -2.04. The highest BCUT2D eigenvalue weighted by Gasteiger charge is 1.99. The summed E-state index contributed by atoms with van der Waals surface area (Å²) < 4.78 is 5.05. The second kappa shape index (κ2) is 13.6. The van der Waals surface area contributed by atoms with Gasteiger partial charge in [-0.05, 0) is 30.7 Å². The molecule has 0 fully saturated rings. The van der Waals surface area contributed by atoms with Crippen molar-refractivity contribution in [3.05, 3.63) is 36.9 Å². The van der Waals surface area contributed by atoms with Crippen LogP contribution in [0.5, 0.6) is 5.75 Å². The normalized spacial score (nSPS) is 10.4. The molecule has 24 heavy (non-hydrogen) atoms. The molecule has 0 radical (unpaired) electrons. The molecule has 1 aromatic rings. The van der Waals surface area contributed by atoms with E-state index in [0.29, 0.717) is 5.75 Å². The van der Waals surface area contributed by atoms with Crippen LogP contribution in [-0.2, 0) is 4.79 Å². The van der Waals surface area contributed by atoms with Gasteiger partial charge in [0.1, 0.15) is 5.75 Å². The molecule has 3 heteroatoms. The average molecular weight is 332 g/mol. The van der Waals surface area contributed by atoms with E-state index < -0.39 is 5.97 Å². The number of unbranched alkanes of at least 4 members (excludes halogenated alkanes) is 9. The molecular weight excluding hydrogens is 298 g/mol. The summed E-state index contributed by atoms with van der Waals surface area (Å²) in [6.45, 7) is 6.63. The molecule has 0 aliphatic heterocycles. The van der Waals surface area contributed by atoms with Crippen molar-refractivity contribution < 1.29 is 9.53 Å². The summed E-state index contributed by atoms with van der Waals surface area (Å²) in [5.74, 6) is 0.116. The lowest BCUT2D eigenvalue weighted by molar-refractivity contribution is -0.128. The maximum absolute atomic E-state index is 11.1. The van der Waals surface area contributed by atoms with Crippen molar-refractivity contribution in [2.24, 2.45) is 0 Å². The van der Waals surface area contributed by atoms with Gasteiger partial charge in [-0.15, -0.1) is 0 Å². The molecule has 0 amide bonds. The molecule has 3 nitrogen and oxygen atoms in total. The minimum atomic E-state index is -0.430. The standard InChI is InChI=1S/C21H33NO2/c1-3-5-6-7-8-9-10-11-12-13-18-22-19-14-16-20(17-15-19)24-21(23)4-2/h4,14-17,22H,2-3,5-13,18H2,1H3. The zero-order valence-corrected chi connectivity index (χ0v) is 15.2. The molecule has 1 rings (SSSR count). The van der Waals surface area contributed by atoms with Crippen molar-refractivity contribution in [1.29, 1.82) is 0 Å². The van der Waals surface area contributed by atoms with E-state index in [9.17, 15) is 4.79 Å². The van der Waals surface area contributed by atoms with Crippen LogP contribution in [0.4, 0.5) is 5.69 Å². The molecule has 1 N–H and O–H groups in total. The number of carbonyl (C=O) groups is 1. The Bertz CT molecular complexity index is 453. The van der Waals surface area contributed by atoms with Gasteiger partial charge >= 0.3 is 5.97 Å². The van der Waals surface area contributed by atoms with Crippen LogP contribution in [0, 0.1) is 0 Å². The highest BCUT2D eigenvalue weighted by molar-refractivity contribution is 5.83. The predicted octanol–water partition coefficient (Wildman–Crippen LogP) is 6.11. The zero-order chi connectivity index (χ0) is 17.5. The van der Waals surface area contributed by atoms with Gasteiger partial charge in [0.2, 0.25) is 0 Å². The Labute approximate surface area is 147 Å². The Morgan fingerprint density at radius 2 is 1.50 bits per heavy atom. The van der Waals surface area contributed by atoms with Crippen LogP contribution in [0.1, 0.15) is 71.1 Å². The third-order valence-corrected chi connectivity index (χ3v) is 4.10. The van der Waals surface area contributed by atoms with Gasteiger partial charge in [0, 0.05) is 18.3 Å². The third-order valence-electron chi connectivity index (χ3n) is 4.10. The molecule has 0 heterocycles. The first-order valence-electron chi connectivity index (χ1n) is 9.44. The Hall–Kier alpha value is -1.77. The lowest BCUT2D eigenvalue weighted by atomic mass is 10.1. The number of hydrogen-bond donors (Lipinski definition) is 1. The van der Waals surface area contributed by atoms with Gasteiger partial charge in [0.25, 0.3) is 0 Å². The van der Waals surface area contributed by atoms with Crippen LogP contribution in [0.2, 0.25) is 0 Å². The predicted molar refractivity (Wildman–Crippen MR) is 103 cm³/mol. The number of esters is 1. The maximum Gasteiger partial charge on any atom is 0.335 e. The van der Waals surface area contributed by atoms with Crippen molar-refractivity contribution in [2.45, 2.75) is 71.1 Å². The minimum absolute atomic E-state index is 0.430. The molecular formula is C21H33NO2. The molecule has 0 unspecified atom stereocenters. The van der Waals surface area contributed by atoms with Crippen LogP contribution >= 0.6 is 0 Å². The Morgan fingerprint density at radius 1 is 0.958 bits per heavy atom. The average Bonchev–Trinajstić information content (AvgIpc) is 2.61. The SMILES string of the molecule is C=CC(=O)Oc1ccc(NCCCCCCCCCCCC)cc1. The van der Waals surface area contributed by atoms with Crippen LogP contribution in [-0.4, -0.2) is 12.5 Å². The molecule has 0 bridgehead atoms. The monoisotopic (exact) mass is 331 g/mol. The van der Waals surface area contributed by atoms with Gasteiger partial charge in [-0.3, -0.25) is 0 Å². The van der Waals surface area contributed by atoms with Crippen molar-refractivity contribution in [1.82, 2.24) is 0 Å². The zero-order valence-electron chi connectivity index (χ0n) is 15.2. The van der Waals surface area contributed by atoms with Crippen LogP contribution in [0.3, 0.4) is 0 Å². The molecule has 0 aliphatic carbocycles. The Kier molecular flexibility index (Phi) is 11.5. The highest BCUT2D eigenvalue weighted by Crippen LogP contribution is 2.16. The smallest absolute Gasteiger partial charge is 0.335 e. The largest absolute Gasteiger partial charge is 0.423 e. The number of benzene rings is 1. The summed E-state index contributed by atoms with van der Waals surface area (Å²) in [4.78, 5) is 11.1. The number of hydrogen-bond acceptors (Lipinski definition) is 3. The van der Waals surface area contributed by atoms with E-state index in [0.717, 1.165) is 18.3 Å². The van der Waals surface area contributed by atoms with Crippen LogP contribution in [0.15, 0.2) is 36.9 Å². The summed E-state index contributed by atoms with van der Waals surface area (Å²) in [7, 11) is 0. The summed E-state index contributed by atoms with van der Waals surface area (Å²) in [5.41, 5.74) is 1.06. The number of carbonyl (C=O) groups excluding carboxylic acids is 1. The van der Waals surface area contributed by atoms with E-state index in [4.69, 9.17) is 4.74 Å². The molecule has 0 spiro atoms. The second-order valence-corrected chi connectivity index (χ2v) is 6.26. The number of nitrogens with one attached hydrogen (secondary N) is 1. The fraction of sp³-hybridized carbons (Fsp3) is 0.571. The molecule has 0 aliphatic rings. The number of ether oxygens (including phenoxy) is 1. The molecule has 0 saturated heterocycles. The molecule has 1 aromatic carbocycles. The first-order valence-corrected chi connectivity index (χ1v) is 9.44. The van der Waals surface area contributed by atoms with Crippen LogP contribution < -0.4 is 10.1 Å². The van der Waals surface area contributed by atoms with Crippen LogP contribution in [0.25, 0.3) is 0 Å². The van der Waals surface area contributed by atoms with Crippen molar-refractivity contribution in [3.8, 4) is 5.75 Å². The van der Waals surface area contributed by atoms with E-state index in [1.54, 1.807) is 12.1 Å². The summed E-state index contributed by atoms with van der Waals surface area (Å²) in [6.07, 6.45) is 14.7. The van der Waals surface area contributed by atoms with Gasteiger partial charge < -0.3 is 10.1 Å². The van der Waals surface area contributed by atoms with Crippen molar-refractivity contribution in [3.63, 3.8) is 0 Å².